The van der Waals surface area contributed by atoms with Gasteiger partial charge in [0.15, 0.2) is 0 Å². The number of nitrogens with zero attached hydrogens (tertiary/aromatic N) is 4. The lowest BCUT2D eigenvalue weighted by Crippen LogP contribution is -2.65. The van der Waals surface area contributed by atoms with Crippen molar-refractivity contribution in [1.29, 1.82) is 0 Å². The lowest BCUT2D eigenvalue weighted by atomic mass is 9.32. The van der Waals surface area contributed by atoms with Gasteiger partial charge in [-0.05, 0) is 124 Å². The standard InChI is InChI=1S/C66H40B2N4O2/c1-5-23-43(24-6-1)69-53-40-54-52(39-51(53)67-59-55(69)37-41-21-13-15-31-47(41)61(59)71(45-27-9-3-10-28-45)63-49-33-17-19-35-57(49)73-65(63)67)68-60-56(70(54)44-25-7-2-8-26-44)38-42-22-14-16-32-48(42)62(60)72(46-29-11-4-12-30-46)64-50-34-18-20-36-58(50)74-66(64)68/h1-40H. The van der Waals surface area contributed by atoms with Gasteiger partial charge in [0, 0.05) is 67.0 Å². The highest BCUT2D eigenvalue weighted by molar-refractivity contribution is 7.03. The molecule has 0 radical (unpaired) electrons. The van der Waals surface area contributed by atoms with Crippen LogP contribution in [0.4, 0.5) is 68.2 Å². The van der Waals surface area contributed by atoms with Crippen LogP contribution in [0.1, 0.15) is 0 Å². The van der Waals surface area contributed by atoms with Crippen molar-refractivity contribution in [2.45, 2.75) is 0 Å². The molecule has 6 nitrogen and oxygen atoms in total. The average Bonchev–Trinajstić information content (AvgIpc) is 4.17. The Morgan fingerprint density at radius 1 is 0.270 bits per heavy atom. The fraction of sp³-hybridized carbons (Fsp3) is 0. The molecule has 0 N–H and O–H groups in total. The minimum atomic E-state index is -0.283. The Morgan fingerprint density at radius 2 is 0.608 bits per heavy atom. The van der Waals surface area contributed by atoms with Gasteiger partial charge in [0.25, 0.3) is 13.4 Å². The number of hydrogen-bond acceptors (Lipinski definition) is 6. The fourth-order valence-electron chi connectivity index (χ4n) is 13.2. The molecule has 0 spiro atoms. The summed E-state index contributed by atoms with van der Waals surface area (Å²) in [6, 6.07) is 88.3. The maximum atomic E-state index is 7.39. The molecule has 0 fully saturated rings. The molecule has 2 aromatic heterocycles. The molecule has 11 aromatic carbocycles. The van der Waals surface area contributed by atoms with Crippen LogP contribution >= 0.6 is 0 Å². The summed E-state index contributed by atoms with van der Waals surface area (Å²) in [7, 11) is 0. The molecule has 0 atom stereocenters. The monoisotopic (exact) mass is 942 g/mol. The van der Waals surface area contributed by atoms with Gasteiger partial charge in [-0.3, -0.25) is 0 Å². The van der Waals surface area contributed by atoms with Crippen LogP contribution < -0.4 is 52.8 Å². The summed E-state index contributed by atoms with van der Waals surface area (Å²) in [6.07, 6.45) is 0. The van der Waals surface area contributed by atoms with Gasteiger partial charge in [0.2, 0.25) is 0 Å². The first-order valence-electron chi connectivity index (χ1n) is 25.5. The molecule has 0 unspecified atom stereocenters. The summed E-state index contributed by atoms with van der Waals surface area (Å²) >= 11 is 0. The maximum Gasteiger partial charge on any atom is 0.297 e. The lowest BCUT2D eigenvalue weighted by molar-refractivity contribution is 0.651. The number of anilines is 12. The van der Waals surface area contributed by atoms with E-state index >= 15 is 0 Å². The smallest absolute Gasteiger partial charge is 0.297 e. The minimum Gasteiger partial charge on any atom is -0.468 e. The fourth-order valence-corrected chi connectivity index (χ4v) is 13.2. The third-order valence-corrected chi connectivity index (χ3v) is 16.1. The highest BCUT2D eigenvalue weighted by Gasteiger charge is 2.52. The van der Waals surface area contributed by atoms with Crippen molar-refractivity contribution in [2.75, 3.05) is 19.6 Å². The largest absolute Gasteiger partial charge is 0.468 e. The number of hydrogen-bond donors (Lipinski definition) is 0. The summed E-state index contributed by atoms with van der Waals surface area (Å²) in [5.41, 5.74) is 21.6. The van der Waals surface area contributed by atoms with E-state index in [2.05, 4.69) is 262 Å². The molecule has 0 bridgehead atoms. The Labute approximate surface area is 427 Å². The van der Waals surface area contributed by atoms with Gasteiger partial charge < -0.3 is 28.4 Å². The molecular formula is C66H40B2N4O2. The van der Waals surface area contributed by atoms with Crippen molar-refractivity contribution < 1.29 is 8.83 Å². The zero-order valence-electron chi connectivity index (χ0n) is 39.9. The van der Waals surface area contributed by atoms with Gasteiger partial charge in [0.1, 0.15) is 11.2 Å². The maximum absolute atomic E-state index is 7.39. The molecule has 0 amide bonds. The minimum absolute atomic E-state index is 0.283. The molecule has 13 aromatic rings. The van der Waals surface area contributed by atoms with Crippen LogP contribution in [-0.2, 0) is 0 Å². The van der Waals surface area contributed by atoms with Crippen molar-refractivity contribution in [3.63, 3.8) is 0 Å². The molecular weight excluding hydrogens is 902 g/mol. The van der Waals surface area contributed by atoms with Crippen molar-refractivity contribution in [2.24, 2.45) is 0 Å². The first-order chi connectivity index (χ1) is 36.8. The van der Waals surface area contributed by atoms with Crippen LogP contribution in [0, 0.1) is 0 Å². The Morgan fingerprint density at radius 3 is 1.01 bits per heavy atom. The zero-order chi connectivity index (χ0) is 48.2. The van der Waals surface area contributed by atoms with E-state index in [0.717, 1.165) is 90.1 Å². The van der Waals surface area contributed by atoms with Gasteiger partial charge in [0.05, 0.1) is 34.1 Å². The molecule has 74 heavy (non-hydrogen) atoms. The number of para-hydroxylation sites is 6. The Balaban J connectivity index is 1.05. The molecule has 4 aliphatic heterocycles. The Hall–Kier alpha value is -9.65. The third-order valence-electron chi connectivity index (χ3n) is 16.1. The number of fused-ring (bicyclic) bond motifs is 16. The Kier molecular flexibility index (Phi) is 8.08. The van der Waals surface area contributed by atoms with E-state index in [-0.39, 0.29) is 13.4 Å². The van der Waals surface area contributed by atoms with E-state index in [1.807, 2.05) is 0 Å². The van der Waals surface area contributed by atoms with E-state index in [4.69, 9.17) is 8.83 Å². The quantitative estimate of drug-likeness (QED) is 0.164. The SMILES string of the molecule is c1ccc(N2c3cc4c(cc3B3c5oc6ccccc6c5N(c5ccccc5)c5c3c2cc2ccccc52)B2c3oc5ccccc5c3N(c3ccccc3)c3c2c(cc2ccccc32)N4c2ccccc2)cc1. The van der Waals surface area contributed by atoms with E-state index < -0.39 is 0 Å². The summed E-state index contributed by atoms with van der Waals surface area (Å²) in [5, 5.41) is 6.87. The van der Waals surface area contributed by atoms with Crippen molar-refractivity contribution in [3.8, 4) is 0 Å². The highest BCUT2D eigenvalue weighted by atomic mass is 16.3. The van der Waals surface area contributed by atoms with Crippen LogP contribution in [0.25, 0.3) is 43.5 Å². The number of furan rings is 2. The van der Waals surface area contributed by atoms with E-state index in [0.29, 0.717) is 0 Å². The van der Waals surface area contributed by atoms with Crippen LogP contribution in [0.15, 0.2) is 251 Å². The third kappa shape index (κ3) is 5.30. The zero-order valence-corrected chi connectivity index (χ0v) is 39.9. The van der Waals surface area contributed by atoms with E-state index in [9.17, 15) is 0 Å². The van der Waals surface area contributed by atoms with Gasteiger partial charge in [-0.15, -0.1) is 0 Å². The summed E-state index contributed by atoms with van der Waals surface area (Å²) in [6.45, 7) is -0.566. The van der Waals surface area contributed by atoms with Crippen LogP contribution in [0.5, 0.6) is 0 Å². The van der Waals surface area contributed by atoms with Crippen LogP contribution in [0.3, 0.4) is 0 Å². The lowest BCUT2D eigenvalue weighted by Gasteiger charge is -2.46. The second kappa shape index (κ2) is 14.9. The van der Waals surface area contributed by atoms with Gasteiger partial charge >= 0.3 is 0 Å². The predicted octanol–water partition coefficient (Wildman–Crippen LogP) is 13.7. The molecule has 4 aliphatic rings. The highest BCUT2D eigenvalue weighted by Crippen LogP contribution is 2.53. The van der Waals surface area contributed by atoms with Crippen LogP contribution in [0.2, 0.25) is 0 Å². The van der Waals surface area contributed by atoms with Gasteiger partial charge in [-0.1, -0.05) is 152 Å². The summed E-state index contributed by atoms with van der Waals surface area (Å²) in [4.78, 5) is 10.00. The molecule has 17 rings (SSSR count). The molecule has 0 aliphatic carbocycles. The predicted molar refractivity (Wildman–Crippen MR) is 309 cm³/mol. The molecule has 0 saturated carbocycles. The summed E-state index contributed by atoms with van der Waals surface area (Å²) in [5.74, 6) is 0. The Bertz CT molecular complexity index is 4200. The van der Waals surface area contributed by atoms with Crippen molar-refractivity contribution in [1.82, 2.24) is 0 Å². The second-order valence-electron chi connectivity index (χ2n) is 19.9. The molecule has 342 valence electrons. The van der Waals surface area contributed by atoms with Gasteiger partial charge in [-0.2, -0.15) is 0 Å². The van der Waals surface area contributed by atoms with Crippen LogP contribution in [-0.4, -0.2) is 13.4 Å². The first-order valence-corrected chi connectivity index (χ1v) is 25.5. The van der Waals surface area contributed by atoms with Gasteiger partial charge in [-0.25, -0.2) is 0 Å². The second-order valence-corrected chi connectivity index (χ2v) is 19.9. The first kappa shape index (κ1) is 40.0. The van der Waals surface area contributed by atoms with E-state index in [1.165, 1.54) is 54.8 Å². The molecule has 0 saturated heterocycles. The molecule has 6 heterocycles. The van der Waals surface area contributed by atoms with Crippen molar-refractivity contribution >= 4 is 158 Å². The number of rotatable bonds is 4. The normalized spacial score (nSPS) is 13.8. The van der Waals surface area contributed by atoms with Crippen molar-refractivity contribution in [3.05, 3.63) is 243 Å². The topological polar surface area (TPSA) is 39.2 Å². The summed E-state index contributed by atoms with van der Waals surface area (Å²) < 4.78 is 14.8. The molecule has 8 heteroatoms. The van der Waals surface area contributed by atoms with E-state index in [1.54, 1.807) is 0 Å². The number of benzene rings is 11. The average molecular weight is 943 g/mol.